The maximum Gasteiger partial charge on any atom is 0.404 e. The summed E-state index contributed by atoms with van der Waals surface area (Å²) >= 11 is 0. The molecule has 1 aromatic rings. The van der Waals surface area contributed by atoms with Gasteiger partial charge in [0.2, 0.25) is 0 Å². The summed E-state index contributed by atoms with van der Waals surface area (Å²) in [4.78, 5) is 10.1. The number of hydrogen-bond acceptors (Lipinski definition) is 1. The molecule has 1 rings (SSSR count). The molecule has 2 N–H and O–H groups in total. The molecule has 0 radical (unpaired) electrons. The molecule has 0 saturated carbocycles. The van der Waals surface area contributed by atoms with E-state index in [0.717, 1.165) is 5.56 Å². The molecule has 12 heavy (non-hydrogen) atoms. The number of carboxylic acid groups (broad SMARTS) is 1. The van der Waals surface area contributed by atoms with Gasteiger partial charge in [0.05, 0.1) is 0 Å². The first-order valence-corrected chi connectivity index (χ1v) is 3.30. The fourth-order valence-electron chi connectivity index (χ4n) is 0.774. The summed E-state index contributed by atoms with van der Waals surface area (Å²) in [5, 5.41) is 10.5. The summed E-state index contributed by atoms with van der Waals surface area (Å²) in [5.74, 6) is 0. The van der Waals surface area contributed by atoms with Crippen molar-refractivity contribution >= 4 is 23.1 Å². The van der Waals surface area contributed by atoms with Crippen molar-refractivity contribution in [2.75, 3.05) is 0 Å². The fraction of sp³-hybridized carbons (Fsp3) is 0.125. The van der Waals surface area contributed by atoms with Gasteiger partial charge in [0.25, 0.3) is 0 Å². The van der Waals surface area contributed by atoms with Gasteiger partial charge in [-0.2, -0.15) is 0 Å². The highest BCUT2D eigenvalue weighted by Crippen LogP contribution is 1.96. The normalized spacial score (nSPS) is 8.33. The quantitative estimate of drug-likeness (QED) is 0.819. The van der Waals surface area contributed by atoms with Crippen LogP contribution in [0.1, 0.15) is 5.56 Å². The molecule has 3 nitrogen and oxygen atoms in total. The maximum absolute atomic E-state index is 10.1. The van der Waals surface area contributed by atoms with Crippen molar-refractivity contribution in [1.82, 2.24) is 5.32 Å². The Morgan fingerprint density at radius 2 is 1.92 bits per heavy atom. The molecule has 0 unspecified atom stereocenters. The highest BCUT2D eigenvalue weighted by Gasteiger charge is 1.93. The van der Waals surface area contributed by atoms with Crippen molar-refractivity contribution in [3.63, 3.8) is 0 Å². The van der Waals surface area contributed by atoms with Gasteiger partial charge in [0.15, 0.2) is 0 Å². The van der Waals surface area contributed by atoms with Crippen LogP contribution in [-0.4, -0.2) is 11.2 Å². The van der Waals surface area contributed by atoms with Gasteiger partial charge in [-0.3, -0.25) is 0 Å². The number of nitrogens with one attached hydrogen (secondary N) is 1. The lowest BCUT2D eigenvalue weighted by Crippen LogP contribution is -2.19. The van der Waals surface area contributed by atoms with E-state index in [1.807, 2.05) is 30.3 Å². The molecule has 0 aliphatic heterocycles. The lowest BCUT2D eigenvalue weighted by atomic mass is 10.2. The molecular weight excluding hydrogens is 222 g/mol. The SMILES string of the molecule is Br.O=C(O)NCc1ccccc1. The molecule has 0 fully saturated rings. The average molecular weight is 232 g/mol. The highest BCUT2D eigenvalue weighted by atomic mass is 79.9. The molecular formula is C8H10BrNO2. The van der Waals surface area contributed by atoms with E-state index in [-0.39, 0.29) is 17.0 Å². The maximum atomic E-state index is 10.1. The second kappa shape index (κ2) is 5.60. The first-order chi connectivity index (χ1) is 5.29. The lowest BCUT2D eigenvalue weighted by Gasteiger charge is -1.98. The van der Waals surface area contributed by atoms with Gasteiger partial charge in [-0.1, -0.05) is 30.3 Å². The van der Waals surface area contributed by atoms with Crippen LogP contribution in [0.3, 0.4) is 0 Å². The van der Waals surface area contributed by atoms with Crippen molar-refractivity contribution in [3.05, 3.63) is 35.9 Å². The van der Waals surface area contributed by atoms with Crippen molar-refractivity contribution < 1.29 is 9.90 Å². The van der Waals surface area contributed by atoms with Gasteiger partial charge < -0.3 is 10.4 Å². The van der Waals surface area contributed by atoms with Gasteiger partial charge in [0.1, 0.15) is 0 Å². The van der Waals surface area contributed by atoms with Gasteiger partial charge in [-0.25, -0.2) is 4.79 Å². The standard InChI is InChI=1S/C8H9NO2.BrH/c10-8(11)9-6-7-4-2-1-3-5-7;/h1-5,9H,6H2,(H,10,11);1H. The smallest absolute Gasteiger partial charge is 0.404 e. The number of amides is 1. The van der Waals surface area contributed by atoms with Crippen LogP contribution >= 0.6 is 17.0 Å². The summed E-state index contributed by atoms with van der Waals surface area (Å²) < 4.78 is 0. The molecule has 66 valence electrons. The van der Waals surface area contributed by atoms with Crippen LogP contribution in [0, 0.1) is 0 Å². The van der Waals surface area contributed by atoms with Crippen LogP contribution in [0.4, 0.5) is 4.79 Å². The van der Waals surface area contributed by atoms with Gasteiger partial charge in [0, 0.05) is 6.54 Å². The van der Waals surface area contributed by atoms with E-state index < -0.39 is 6.09 Å². The molecule has 0 saturated heterocycles. The third-order valence-electron chi connectivity index (χ3n) is 1.29. The zero-order chi connectivity index (χ0) is 8.10. The van der Waals surface area contributed by atoms with E-state index in [1.165, 1.54) is 0 Å². The molecule has 0 aliphatic carbocycles. The minimum atomic E-state index is -0.992. The Labute approximate surface area is 81.2 Å². The number of benzene rings is 1. The Hall–Kier alpha value is -1.03. The Morgan fingerprint density at radius 3 is 2.42 bits per heavy atom. The monoisotopic (exact) mass is 231 g/mol. The Kier molecular flexibility index (Phi) is 5.12. The second-order valence-electron chi connectivity index (χ2n) is 2.14. The van der Waals surface area contributed by atoms with Crippen LogP contribution in [0.5, 0.6) is 0 Å². The van der Waals surface area contributed by atoms with Crippen molar-refractivity contribution in [3.8, 4) is 0 Å². The van der Waals surface area contributed by atoms with Crippen molar-refractivity contribution in [1.29, 1.82) is 0 Å². The molecule has 0 bridgehead atoms. The Balaban J connectivity index is 0.00000121. The van der Waals surface area contributed by atoms with Crippen molar-refractivity contribution in [2.24, 2.45) is 0 Å². The van der Waals surface area contributed by atoms with Crippen LogP contribution in [0.15, 0.2) is 30.3 Å². The van der Waals surface area contributed by atoms with Gasteiger partial charge in [-0.05, 0) is 5.56 Å². The number of carbonyl (C=O) groups is 1. The first-order valence-electron chi connectivity index (χ1n) is 3.30. The second-order valence-corrected chi connectivity index (χ2v) is 2.14. The minimum absolute atomic E-state index is 0. The third kappa shape index (κ3) is 3.98. The molecule has 0 spiro atoms. The van der Waals surface area contributed by atoms with E-state index in [1.54, 1.807) is 0 Å². The Bertz CT molecular complexity index is 238. The number of rotatable bonds is 2. The van der Waals surface area contributed by atoms with Crippen LogP contribution < -0.4 is 5.32 Å². The molecule has 1 aromatic carbocycles. The Morgan fingerprint density at radius 1 is 1.33 bits per heavy atom. The predicted octanol–water partition coefficient (Wildman–Crippen LogP) is 2.03. The lowest BCUT2D eigenvalue weighted by molar-refractivity contribution is 0.194. The van der Waals surface area contributed by atoms with Crippen molar-refractivity contribution in [2.45, 2.75) is 6.54 Å². The third-order valence-corrected chi connectivity index (χ3v) is 1.29. The molecule has 0 atom stereocenters. The summed E-state index contributed by atoms with van der Waals surface area (Å²) in [6.07, 6.45) is -0.992. The van der Waals surface area contributed by atoms with Crippen LogP contribution in [-0.2, 0) is 6.54 Å². The molecule has 0 heterocycles. The first kappa shape index (κ1) is 11.0. The van der Waals surface area contributed by atoms with Crippen LogP contribution in [0.25, 0.3) is 0 Å². The summed E-state index contributed by atoms with van der Waals surface area (Å²) in [6, 6.07) is 9.38. The van der Waals surface area contributed by atoms with Crippen LogP contribution in [0.2, 0.25) is 0 Å². The average Bonchev–Trinajstić information content (AvgIpc) is 2.03. The summed E-state index contributed by atoms with van der Waals surface area (Å²) in [6.45, 7) is 0.371. The van der Waals surface area contributed by atoms with E-state index in [2.05, 4.69) is 5.32 Å². The topological polar surface area (TPSA) is 49.3 Å². The molecule has 4 heteroatoms. The number of halogens is 1. The molecule has 0 aliphatic rings. The zero-order valence-corrected chi connectivity index (χ0v) is 8.07. The van der Waals surface area contributed by atoms with E-state index in [0.29, 0.717) is 6.54 Å². The fourth-order valence-corrected chi connectivity index (χ4v) is 0.774. The van der Waals surface area contributed by atoms with Gasteiger partial charge >= 0.3 is 6.09 Å². The zero-order valence-electron chi connectivity index (χ0n) is 6.36. The minimum Gasteiger partial charge on any atom is -0.465 e. The number of hydrogen-bond donors (Lipinski definition) is 2. The highest BCUT2D eigenvalue weighted by molar-refractivity contribution is 8.93. The van der Waals surface area contributed by atoms with Gasteiger partial charge in [-0.15, -0.1) is 17.0 Å². The predicted molar refractivity (Wildman–Crippen MR) is 51.6 cm³/mol. The molecule has 1 amide bonds. The molecule has 0 aromatic heterocycles. The largest absolute Gasteiger partial charge is 0.465 e. The summed E-state index contributed by atoms with van der Waals surface area (Å²) in [7, 11) is 0. The summed E-state index contributed by atoms with van der Waals surface area (Å²) in [5.41, 5.74) is 0.968. The van der Waals surface area contributed by atoms with E-state index in [4.69, 9.17) is 5.11 Å². The van der Waals surface area contributed by atoms with E-state index >= 15 is 0 Å². The van der Waals surface area contributed by atoms with E-state index in [9.17, 15) is 4.79 Å².